The van der Waals surface area contributed by atoms with Crippen LogP contribution in [0.4, 0.5) is 17.1 Å². The topological polar surface area (TPSA) is 82.7 Å². The number of nitrogens with zero attached hydrogens (tertiary/aromatic N) is 6. The number of hydrogen-bond donors (Lipinski definition) is 2. The molecule has 4 heterocycles. The maximum atomic E-state index is 13.2. The minimum atomic E-state index is -0.133. The number of imidazole rings is 1. The summed E-state index contributed by atoms with van der Waals surface area (Å²) >= 11 is 0. The molecule has 44 heavy (non-hydrogen) atoms. The van der Waals surface area contributed by atoms with E-state index in [0.29, 0.717) is 17.3 Å². The number of carbonyl (C=O) groups excluding carboxylic acids is 1. The third-order valence-electron chi connectivity index (χ3n) is 8.32. The van der Waals surface area contributed by atoms with Gasteiger partial charge in [-0.05, 0) is 93.4 Å². The summed E-state index contributed by atoms with van der Waals surface area (Å²) in [7, 11) is 6.18. The summed E-state index contributed by atoms with van der Waals surface area (Å²) in [6.07, 6.45) is 8.60. The first kappa shape index (κ1) is 29.2. The Balaban J connectivity index is 1.15. The Bertz CT molecular complexity index is 1890. The summed E-state index contributed by atoms with van der Waals surface area (Å²) in [5.74, 6) is 6.43. The Morgan fingerprint density at radius 1 is 1.05 bits per heavy atom. The quantitative estimate of drug-likeness (QED) is 0.255. The number of benzene rings is 2. The Labute approximate surface area is 258 Å². The molecule has 2 N–H and O–H groups in total. The highest BCUT2D eigenvalue weighted by Crippen LogP contribution is 2.23. The molecule has 0 aliphatic carbocycles. The molecule has 5 aromatic rings. The summed E-state index contributed by atoms with van der Waals surface area (Å²) in [6.45, 7) is 7.19. The lowest BCUT2D eigenvalue weighted by Crippen LogP contribution is -2.31. The molecule has 0 bridgehead atoms. The number of carbonyl (C=O) groups is 1. The van der Waals surface area contributed by atoms with Crippen molar-refractivity contribution in [2.24, 2.45) is 7.05 Å². The van der Waals surface area contributed by atoms with Crippen LogP contribution >= 0.6 is 0 Å². The van der Waals surface area contributed by atoms with Crippen LogP contribution in [0.15, 0.2) is 73.3 Å². The van der Waals surface area contributed by atoms with Crippen LogP contribution in [0.3, 0.4) is 0 Å². The van der Waals surface area contributed by atoms with Gasteiger partial charge in [0.15, 0.2) is 5.65 Å². The van der Waals surface area contributed by atoms with E-state index >= 15 is 0 Å². The monoisotopic (exact) mass is 586 g/mol. The Kier molecular flexibility index (Phi) is 8.20. The van der Waals surface area contributed by atoms with E-state index in [2.05, 4.69) is 69.4 Å². The van der Waals surface area contributed by atoms with Gasteiger partial charge in [-0.2, -0.15) is 5.10 Å². The number of aromatic nitrogens is 4. The van der Waals surface area contributed by atoms with Gasteiger partial charge in [0, 0.05) is 61.9 Å². The highest BCUT2D eigenvalue weighted by atomic mass is 16.1. The van der Waals surface area contributed by atoms with Crippen LogP contribution < -0.4 is 10.6 Å². The zero-order valence-electron chi connectivity index (χ0n) is 25.9. The molecule has 0 saturated carbocycles. The number of pyridine rings is 1. The Morgan fingerprint density at radius 3 is 2.66 bits per heavy atom. The van der Waals surface area contributed by atoms with Crippen molar-refractivity contribution in [2.45, 2.75) is 32.9 Å². The minimum absolute atomic E-state index is 0.133. The molecule has 3 aromatic heterocycles. The highest BCUT2D eigenvalue weighted by Gasteiger charge is 2.24. The van der Waals surface area contributed by atoms with Crippen LogP contribution in [0.25, 0.3) is 5.65 Å². The molecule has 1 saturated heterocycles. The van der Waals surface area contributed by atoms with Crippen LogP contribution in [0.5, 0.6) is 0 Å². The van der Waals surface area contributed by atoms with Crippen molar-refractivity contribution in [3.63, 3.8) is 0 Å². The van der Waals surface area contributed by atoms with Crippen molar-refractivity contribution in [1.82, 2.24) is 29.0 Å². The summed E-state index contributed by atoms with van der Waals surface area (Å²) in [5, 5.41) is 10.7. The Morgan fingerprint density at radius 2 is 1.91 bits per heavy atom. The number of rotatable bonds is 7. The third-order valence-corrected chi connectivity index (χ3v) is 8.32. The van der Waals surface area contributed by atoms with Gasteiger partial charge in [0.25, 0.3) is 5.91 Å². The lowest BCUT2D eigenvalue weighted by atomic mass is 10.0. The van der Waals surface area contributed by atoms with Gasteiger partial charge < -0.3 is 15.5 Å². The van der Waals surface area contributed by atoms with Crippen molar-refractivity contribution in [3.05, 3.63) is 107 Å². The SMILES string of the molecule is Cc1ccc(NC(=O)c2ccc(CN3CCC(N(C)C)C3)c(C)c2)cc1C#Cc1cnc2c(Nc3cnn(C)c3)cccn12. The molecule has 1 aliphatic heterocycles. The molecule has 224 valence electrons. The van der Waals surface area contributed by atoms with Crippen molar-refractivity contribution >= 4 is 28.6 Å². The number of likely N-dealkylation sites (N-methyl/N-ethyl adjacent to an activating group) is 1. The minimum Gasteiger partial charge on any atom is -0.350 e. The van der Waals surface area contributed by atoms with Crippen LogP contribution in [-0.2, 0) is 13.6 Å². The van der Waals surface area contributed by atoms with Crippen molar-refractivity contribution in [3.8, 4) is 11.8 Å². The van der Waals surface area contributed by atoms with Crippen molar-refractivity contribution in [2.75, 3.05) is 37.8 Å². The zero-order chi connectivity index (χ0) is 30.8. The predicted octanol–water partition coefficient (Wildman–Crippen LogP) is 5.22. The second kappa shape index (κ2) is 12.4. The first-order chi connectivity index (χ1) is 21.2. The van der Waals surface area contributed by atoms with Crippen LogP contribution in [-0.4, -0.2) is 68.1 Å². The lowest BCUT2D eigenvalue weighted by Gasteiger charge is -2.21. The number of hydrogen-bond acceptors (Lipinski definition) is 6. The lowest BCUT2D eigenvalue weighted by molar-refractivity contribution is 0.102. The average Bonchev–Trinajstić information content (AvgIpc) is 3.75. The third kappa shape index (κ3) is 6.37. The first-order valence-corrected chi connectivity index (χ1v) is 14.9. The molecule has 1 amide bonds. The van der Waals surface area contributed by atoms with E-state index in [1.807, 2.05) is 73.2 Å². The molecule has 1 aliphatic rings. The normalized spacial score (nSPS) is 15.0. The van der Waals surface area contributed by atoms with Gasteiger partial charge in [0.2, 0.25) is 0 Å². The van der Waals surface area contributed by atoms with Crippen LogP contribution in [0.2, 0.25) is 0 Å². The maximum absolute atomic E-state index is 13.2. The fourth-order valence-electron chi connectivity index (χ4n) is 5.64. The maximum Gasteiger partial charge on any atom is 0.255 e. The molecule has 1 unspecified atom stereocenters. The zero-order valence-corrected chi connectivity index (χ0v) is 25.9. The van der Waals surface area contributed by atoms with Crippen molar-refractivity contribution in [1.29, 1.82) is 0 Å². The molecule has 9 heteroatoms. The van der Waals surface area contributed by atoms with E-state index in [0.717, 1.165) is 59.0 Å². The molecule has 0 spiro atoms. The molecule has 0 radical (unpaired) electrons. The van der Waals surface area contributed by atoms with Crippen LogP contribution in [0.1, 0.15) is 44.7 Å². The van der Waals surface area contributed by atoms with E-state index in [-0.39, 0.29) is 5.91 Å². The molecule has 2 aromatic carbocycles. The summed E-state index contributed by atoms with van der Waals surface area (Å²) < 4.78 is 3.71. The fourth-order valence-corrected chi connectivity index (χ4v) is 5.64. The van der Waals surface area contributed by atoms with E-state index in [1.54, 1.807) is 17.1 Å². The molecule has 6 rings (SSSR count). The standard InChI is InChI=1S/C35H38N8O/c1-24-8-12-29(39-35(44)27-9-10-28(25(2)17-27)21-42-16-14-32(23-42)40(3)4)18-26(24)11-13-31-20-36-34-33(7-6-15-43(31)34)38-30-19-37-41(5)22-30/h6-10,12,15,17-20,22,32,38H,14,16,21,23H2,1-5H3,(H,39,44). The summed E-state index contributed by atoms with van der Waals surface area (Å²) in [4.78, 5) is 22.6. The number of nitrogens with one attached hydrogen (secondary N) is 2. The smallest absolute Gasteiger partial charge is 0.255 e. The second-order valence-electron chi connectivity index (χ2n) is 11.8. The Hall–Kier alpha value is -4.91. The molecule has 1 atom stereocenters. The number of amides is 1. The van der Waals surface area contributed by atoms with Gasteiger partial charge in [-0.3, -0.25) is 18.8 Å². The molecular formula is C35H38N8O. The average molecular weight is 587 g/mol. The number of aryl methyl sites for hydroxylation is 3. The summed E-state index contributed by atoms with van der Waals surface area (Å²) in [5.41, 5.74) is 8.92. The van der Waals surface area contributed by atoms with Gasteiger partial charge >= 0.3 is 0 Å². The van der Waals surface area contributed by atoms with Crippen LogP contribution in [0, 0.1) is 25.7 Å². The van der Waals surface area contributed by atoms with Crippen molar-refractivity contribution < 1.29 is 4.79 Å². The largest absolute Gasteiger partial charge is 0.350 e. The van der Waals surface area contributed by atoms with E-state index < -0.39 is 0 Å². The first-order valence-electron chi connectivity index (χ1n) is 14.9. The van der Waals surface area contributed by atoms with Gasteiger partial charge in [0.05, 0.1) is 23.8 Å². The predicted molar refractivity (Wildman–Crippen MR) is 175 cm³/mol. The van der Waals surface area contributed by atoms with Gasteiger partial charge in [-0.1, -0.05) is 18.1 Å². The second-order valence-corrected chi connectivity index (χ2v) is 11.8. The van der Waals surface area contributed by atoms with E-state index in [1.165, 1.54) is 12.0 Å². The molecule has 1 fully saturated rings. The van der Waals surface area contributed by atoms with Gasteiger partial charge in [0.1, 0.15) is 5.69 Å². The molecular weight excluding hydrogens is 548 g/mol. The number of anilines is 3. The summed E-state index contributed by atoms with van der Waals surface area (Å²) in [6, 6.07) is 16.4. The number of fused-ring (bicyclic) bond motifs is 1. The van der Waals surface area contributed by atoms with Gasteiger partial charge in [-0.15, -0.1) is 0 Å². The van der Waals surface area contributed by atoms with Gasteiger partial charge in [-0.25, -0.2) is 4.98 Å². The fraction of sp³-hybridized carbons (Fsp3) is 0.286. The van der Waals surface area contributed by atoms with E-state index in [4.69, 9.17) is 0 Å². The van der Waals surface area contributed by atoms with E-state index in [9.17, 15) is 4.79 Å². The number of likely N-dealkylation sites (tertiary alicyclic amines) is 1. The highest BCUT2D eigenvalue weighted by molar-refractivity contribution is 6.04. The molecule has 9 nitrogen and oxygen atoms in total.